The Hall–Kier alpha value is -2.47. The van der Waals surface area contributed by atoms with Crippen LogP contribution in [0.15, 0.2) is 60.7 Å². The fraction of sp³-hybridized carbons (Fsp3) is 0.167. The summed E-state index contributed by atoms with van der Waals surface area (Å²) >= 11 is 0. The first kappa shape index (κ1) is 17.9. The lowest BCUT2D eigenvalue weighted by Gasteiger charge is -2.05. The molecular weight excluding hydrogens is 329 g/mol. The number of rotatable bonds is 7. The van der Waals surface area contributed by atoms with Crippen LogP contribution in [0.3, 0.4) is 0 Å². The Kier molecular flexibility index (Phi) is 6.26. The maximum Gasteiger partial charge on any atom is 0.225 e. The summed E-state index contributed by atoms with van der Waals surface area (Å²) in [6, 6.07) is 14.7. The first-order valence-electron chi connectivity index (χ1n) is 7.42. The summed E-state index contributed by atoms with van der Waals surface area (Å²) in [5.41, 5.74) is 1.35. The molecule has 0 aromatic heterocycles. The molecule has 0 saturated heterocycles. The van der Waals surface area contributed by atoms with Crippen molar-refractivity contribution in [2.75, 3.05) is 16.8 Å². The van der Waals surface area contributed by atoms with Gasteiger partial charge in [-0.15, -0.1) is 0 Å². The second kappa shape index (κ2) is 8.40. The highest BCUT2D eigenvalue weighted by Crippen LogP contribution is 2.09. The monoisotopic (exact) mass is 347 g/mol. The molecule has 0 spiro atoms. The van der Waals surface area contributed by atoms with Gasteiger partial charge in [0.15, 0.2) is 9.84 Å². The van der Waals surface area contributed by atoms with Crippen molar-refractivity contribution in [1.82, 2.24) is 0 Å². The molecule has 0 saturated carbocycles. The molecule has 2 aromatic carbocycles. The van der Waals surface area contributed by atoms with E-state index in [2.05, 4.69) is 5.32 Å². The summed E-state index contributed by atoms with van der Waals surface area (Å²) in [5, 5.41) is 2.54. The van der Waals surface area contributed by atoms with Crippen LogP contribution >= 0.6 is 0 Å². The molecule has 2 rings (SSSR count). The number of halogens is 1. The van der Waals surface area contributed by atoms with Crippen molar-refractivity contribution in [3.05, 3.63) is 72.1 Å². The van der Waals surface area contributed by atoms with Crippen LogP contribution in [0.25, 0.3) is 6.08 Å². The first-order valence-corrected chi connectivity index (χ1v) is 9.24. The van der Waals surface area contributed by atoms with Crippen molar-refractivity contribution in [1.29, 1.82) is 0 Å². The molecule has 0 aliphatic rings. The molecule has 2 aromatic rings. The zero-order valence-corrected chi connectivity index (χ0v) is 13.8. The highest BCUT2D eigenvalue weighted by molar-refractivity contribution is 7.91. The zero-order chi connectivity index (χ0) is 17.4. The number of amides is 1. The second-order valence-corrected chi connectivity index (χ2v) is 7.46. The molecule has 0 fully saturated rings. The van der Waals surface area contributed by atoms with E-state index in [1.54, 1.807) is 12.2 Å². The van der Waals surface area contributed by atoms with E-state index >= 15 is 0 Å². The topological polar surface area (TPSA) is 63.2 Å². The predicted octanol–water partition coefficient (Wildman–Crippen LogP) is 3.28. The van der Waals surface area contributed by atoms with Crippen LogP contribution in [-0.2, 0) is 14.6 Å². The molecule has 0 heterocycles. The molecular formula is C18H18FNO3S. The third kappa shape index (κ3) is 6.34. The Bertz CT molecular complexity index is 800. The zero-order valence-electron chi connectivity index (χ0n) is 13.0. The number of anilines is 1. The van der Waals surface area contributed by atoms with E-state index in [1.807, 2.05) is 30.3 Å². The van der Waals surface area contributed by atoms with Crippen LogP contribution in [0.5, 0.6) is 0 Å². The molecule has 0 aliphatic heterocycles. The molecule has 6 heteroatoms. The van der Waals surface area contributed by atoms with E-state index in [1.165, 1.54) is 24.3 Å². The standard InChI is InChI=1S/C18H18FNO3S/c19-16-8-10-17(11-9-16)20-18(21)12-14-24(22,23)13-4-7-15-5-2-1-3-6-15/h1-11H,12-14H2,(H,20,21)/b7-4-. The van der Waals surface area contributed by atoms with Gasteiger partial charge in [-0.25, -0.2) is 12.8 Å². The van der Waals surface area contributed by atoms with Crippen LogP contribution in [0, 0.1) is 5.82 Å². The van der Waals surface area contributed by atoms with Gasteiger partial charge in [-0.3, -0.25) is 4.79 Å². The number of carbonyl (C=O) groups is 1. The molecule has 126 valence electrons. The normalized spacial score (nSPS) is 11.5. The van der Waals surface area contributed by atoms with Crippen molar-refractivity contribution < 1.29 is 17.6 Å². The Balaban J connectivity index is 1.80. The second-order valence-electron chi connectivity index (χ2n) is 5.23. The van der Waals surface area contributed by atoms with Gasteiger partial charge in [-0.05, 0) is 29.8 Å². The maximum absolute atomic E-state index is 12.8. The van der Waals surface area contributed by atoms with Gasteiger partial charge in [0.1, 0.15) is 5.82 Å². The Labute approximate surface area is 140 Å². The molecule has 0 unspecified atom stereocenters. The van der Waals surface area contributed by atoms with E-state index < -0.39 is 21.6 Å². The fourth-order valence-electron chi connectivity index (χ4n) is 1.98. The summed E-state index contributed by atoms with van der Waals surface area (Å²) in [5.74, 6) is -1.18. The van der Waals surface area contributed by atoms with Gasteiger partial charge in [-0.2, -0.15) is 0 Å². The Morgan fingerprint density at radius 3 is 2.38 bits per heavy atom. The van der Waals surface area contributed by atoms with E-state index in [4.69, 9.17) is 0 Å². The van der Waals surface area contributed by atoms with E-state index in [0.29, 0.717) is 5.69 Å². The Morgan fingerprint density at radius 2 is 1.71 bits per heavy atom. The number of benzene rings is 2. The first-order chi connectivity index (χ1) is 11.4. The number of nitrogens with one attached hydrogen (secondary N) is 1. The average molecular weight is 347 g/mol. The largest absolute Gasteiger partial charge is 0.326 e. The molecule has 0 atom stereocenters. The number of hydrogen-bond acceptors (Lipinski definition) is 3. The van der Waals surface area contributed by atoms with Gasteiger partial charge in [-0.1, -0.05) is 42.5 Å². The lowest BCUT2D eigenvalue weighted by molar-refractivity contribution is -0.115. The lowest BCUT2D eigenvalue weighted by atomic mass is 10.2. The summed E-state index contributed by atoms with van der Waals surface area (Å²) < 4.78 is 36.7. The van der Waals surface area contributed by atoms with Crippen molar-refractivity contribution in [2.24, 2.45) is 0 Å². The average Bonchev–Trinajstić information content (AvgIpc) is 2.56. The third-order valence-corrected chi connectivity index (χ3v) is 4.75. The maximum atomic E-state index is 12.8. The quantitative estimate of drug-likeness (QED) is 0.836. The highest BCUT2D eigenvalue weighted by Gasteiger charge is 2.12. The van der Waals surface area contributed by atoms with Gasteiger partial charge < -0.3 is 5.32 Å². The molecule has 0 bridgehead atoms. The van der Waals surface area contributed by atoms with Gasteiger partial charge in [0.2, 0.25) is 5.91 Å². The minimum atomic E-state index is -3.35. The van der Waals surface area contributed by atoms with Crippen molar-refractivity contribution in [2.45, 2.75) is 6.42 Å². The van der Waals surface area contributed by atoms with Crippen molar-refractivity contribution in [3.8, 4) is 0 Å². The molecule has 4 nitrogen and oxygen atoms in total. The summed E-state index contributed by atoms with van der Waals surface area (Å²) in [6.45, 7) is 0. The van der Waals surface area contributed by atoms with Crippen LogP contribution in [-0.4, -0.2) is 25.8 Å². The number of sulfone groups is 1. The summed E-state index contributed by atoms with van der Waals surface area (Å²) in [4.78, 5) is 11.8. The molecule has 24 heavy (non-hydrogen) atoms. The van der Waals surface area contributed by atoms with Crippen molar-refractivity contribution >= 4 is 27.5 Å². The summed E-state index contributed by atoms with van der Waals surface area (Å²) in [7, 11) is -3.35. The van der Waals surface area contributed by atoms with Gasteiger partial charge in [0.05, 0.1) is 11.5 Å². The van der Waals surface area contributed by atoms with Crippen LogP contribution in [0.2, 0.25) is 0 Å². The van der Waals surface area contributed by atoms with Crippen LogP contribution < -0.4 is 5.32 Å². The molecule has 1 amide bonds. The minimum absolute atomic E-state index is 0.119. The third-order valence-electron chi connectivity index (χ3n) is 3.23. The SMILES string of the molecule is O=C(CCS(=O)(=O)C/C=C\c1ccccc1)Nc1ccc(F)cc1. The number of carbonyl (C=O) groups excluding carboxylic acids is 1. The lowest BCUT2D eigenvalue weighted by Crippen LogP contribution is -2.18. The molecule has 1 N–H and O–H groups in total. The van der Waals surface area contributed by atoms with Gasteiger partial charge >= 0.3 is 0 Å². The van der Waals surface area contributed by atoms with E-state index in [-0.39, 0.29) is 17.9 Å². The number of hydrogen-bond donors (Lipinski definition) is 1. The van der Waals surface area contributed by atoms with Gasteiger partial charge in [0, 0.05) is 12.1 Å². The molecule has 0 radical (unpaired) electrons. The van der Waals surface area contributed by atoms with E-state index in [9.17, 15) is 17.6 Å². The Morgan fingerprint density at radius 1 is 1.04 bits per heavy atom. The van der Waals surface area contributed by atoms with Crippen LogP contribution in [0.4, 0.5) is 10.1 Å². The molecule has 0 aliphatic carbocycles. The fourth-order valence-corrected chi connectivity index (χ4v) is 3.04. The van der Waals surface area contributed by atoms with Gasteiger partial charge in [0.25, 0.3) is 0 Å². The van der Waals surface area contributed by atoms with Crippen LogP contribution in [0.1, 0.15) is 12.0 Å². The van der Waals surface area contributed by atoms with E-state index in [0.717, 1.165) is 5.56 Å². The predicted molar refractivity (Wildman–Crippen MR) is 93.8 cm³/mol. The summed E-state index contributed by atoms with van der Waals surface area (Å²) in [6.07, 6.45) is 3.16. The smallest absolute Gasteiger partial charge is 0.225 e. The minimum Gasteiger partial charge on any atom is -0.326 e. The van der Waals surface area contributed by atoms with Crippen molar-refractivity contribution in [3.63, 3.8) is 0 Å². The highest BCUT2D eigenvalue weighted by atomic mass is 32.2.